The van der Waals surface area contributed by atoms with Crippen molar-refractivity contribution >= 4 is 17.6 Å². The van der Waals surface area contributed by atoms with E-state index in [9.17, 15) is 9.90 Å². The average Bonchev–Trinajstić information content (AvgIpc) is 2.29. The molecule has 1 atom stereocenters. The highest BCUT2D eigenvalue weighted by Crippen LogP contribution is 2.29. The average molecular weight is 270 g/mol. The molecule has 4 heteroatoms. The number of carboxylic acid groups (broad SMARTS) is 1. The number of halogens is 1. The fourth-order valence-corrected chi connectivity index (χ4v) is 2.42. The first-order chi connectivity index (χ1) is 8.30. The first-order valence-electron chi connectivity index (χ1n) is 6.06. The van der Waals surface area contributed by atoms with E-state index in [0.29, 0.717) is 11.6 Å². The van der Waals surface area contributed by atoms with Gasteiger partial charge < -0.3 is 5.11 Å². The van der Waals surface area contributed by atoms with Gasteiger partial charge in [-0.05, 0) is 45.0 Å². The Morgan fingerprint density at radius 3 is 2.56 bits per heavy atom. The molecule has 1 N–H and O–H groups in total. The number of benzene rings is 1. The van der Waals surface area contributed by atoms with Gasteiger partial charge in [0.05, 0.1) is 0 Å². The van der Waals surface area contributed by atoms with Crippen LogP contribution in [0.25, 0.3) is 0 Å². The van der Waals surface area contributed by atoms with Crippen LogP contribution in [0.15, 0.2) is 24.3 Å². The lowest BCUT2D eigenvalue weighted by Gasteiger charge is -2.39. The van der Waals surface area contributed by atoms with E-state index < -0.39 is 11.5 Å². The third kappa shape index (κ3) is 3.03. The van der Waals surface area contributed by atoms with Crippen LogP contribution in [0.1, 0.15) is 39.3 Å². The minimum Gasteiger partial charge on any atom is -0.480 e. The van der Waals surface area contributed by atoms with Gasteiger partial charge in [-0.15, -0.1) is 0 Å². The summed E-state index contributed by atoms with van der Waals surface area (Å²) in [5.41, 5.74) is 0.120. The van der Waals surface area contributed by atoms with Crippen molar-refractivity contribution in [3.8, 4) is 0 Å². The van der Waals surface area contributed by atoms with Crippen LogP contribution in [0.5, 0.6) is 0 Å². The number of carboxylic acids is 1. The second-order valence-corrected chi connectivity index (χ2v) is 5.32. The van der Waals surface area contributed by atoms with E-state index in [-0.39, 0.29) is 6.04 Å². The van der Waals surface area contributed by atoms with Crippen molar-refractivity contribution in [3.05, 3.63) is 34.9 Å². The lowest BCUT2D eigenvalue weighted by Crippen LogP contribution is -2.50. The molecule has 0 radical (unpaired) electrons. The Bertz CT molecular complexity index is 432. The summed E-state index contributed by atoms with van der Waals surface area (Å²) >= 11 is 5.98. The van der Waals surface area contributed by atoms with Gasteiger partial charge in [0, 0.05) is 11.1 Å². The summed E-state index contributed by atoms with van der Waals surface area (Å²) < 4.78 is 0. The quantitative estimate of drug-likeness (QED) is 0.888. The van der Waals surface area contributed by atoms with E-state index in [1.54, 1.807) is 13.8 Å². The zero-order valence-electron chi connectivity index (χ0n) is 11.3. The molecule has 3 nitrogen and oxygen atoms in total. The first-order valence-corrected chi connectivity index (χ1v) is 6.44. The number of hydrogen-bond acceptors (Lipinski definition) is 2. The predicted octanol–water partition coefficient (Wildman–Crippen LogP) is 3.59. The van der Waals surface area contributed by atoms with Crippen molar-refractivity contribution in [1.29, 1.82) is 0 Å². The molecule has 1 unspecified atom stereocenters. The lowest BCUT2D eigenvalue weighted by atomic mass is 9.97. The number of aliphatic carboxylic acids is 1. The molecule has 0 fully saturated rings. The molecule has 0 bridgehead atoms. The Labute approximate surface area is 113 Å². The summed E-state index contributed by atoms with van der Waals surface area (Å²) in [6, 6.07) is 7.55. The molecule has 1 rings (SSSR count). The predicted molar refractivity (Wildman–Crippen MR) is 74.0 cm³/mol. The summed E-state index contributed by atoms with van der Waals surface area (Å²) in [6.07, 6.45) is 0. The first kappa shape index (κ1) is 15.0. The standard InChI is InChI=1S/C14H20ClNO2/c1-5-16(14(3,4)13(17)18)10(2)11-7-6-8-12(15)9-11/h6-10H,5H2,1-4H3,(H,17,18). The molecule has 1 aromatic carbocycles. The number of rotatable bonds is 5. The topological polar surface area (TPSA) is 40.5 Å². The van der Waals surface area contributed by atoms with Gasteiger partial charge in [-0.25, -0.2) is 0 Å². The van der Waals surface area contributed by atoms with E-state index in [0.717, 1.165) is 5.56 Å². The van der Waals surface area contributed by atoms with Crippen LogP contribution in [0.2, 0.25) is 5.02 Å². The fourth-order valence-electron chi connectivity index (χ4n) is 2.22. The number of nitrogens with zero attached hydrogens (tertiary/aromatic N) is 1. The van der Waals surface area contributed by atoms with E-state index in [2.05, 4.69) is 0 Å². The Balaban J connectivity index is 3.06. The van der Waals surface area contributed by atoms with Crippen molar-refractivity contribution in [1.82, 2.24) is 4.90 Å². The van der Waals surface area contributed by atoms with Gasteiger partial charge in [0.15, 0.2) is 0 Å². The Kier molecular flexibility index (Phi) is 4.77. The van der Waals surface area contributed by atoms with E-state index in [1.807, 2.05) is 43.0 Å². The molecule has 0 spiro atoms. The second-order valence-electron chi connectivity index (χ2n) is 4.88. The normalized spacial score (nSPS) is 13.7. The Morgan fingerprint density at radius 2 is 2.11 bits per heavy atom. The molecule has 100 valence electrons. The molecule has 18 heavy (non-hydrogen) atoms. The van der Waals surface area contributed by atoms with Crippen LogP contribution < -0.4 is 0 Å². The fraction of sp³-hybridized carbons (Fsp3) is 0.500. The minimum absolute atomic E-state index is 0.000185. The van der Waals surface area contributed by atoms with E-state index in [1.165, 1.54) is 0 Å². The molecular formula is C14H20ClNO2. The van der Waals surface area contributed by atoms with Crippen LogP contribution in [-0.4, -0.2) is 28.1 Å². The monoisotopic (exact) mass is 269 g/mol. The summed E-state index contributed by atoms with van der Waals surface area (Å²) in [5.74, 6) is -0.821. The van der Waals surface area contributed by atoms with Crippen LogP contribution in [-0.2, 0) is 4.79 Å². The maximum atomic E-state index is 11.4. The lowest BCUT2D eigenvalue weighted by molar-refractivity contribution is -0.150. The molecule has 0 saturated heterocycles. The van der Waals surface area contributed by atoms with Gasteiger partial charge in [-0.3, -0.25) is 9.69 Å². The Morgan fingerprint density at radius 1 is 1.50 bits per heavy atom. The number of carbonyl (C=O) groups is 1. The van der Waals surface area contributed by atoms with Crippen molar-refractivity contribution in [2.45, 2.75) is 39.3 Å². The highest BCUT2D eigenvalue weighted by atomic mass is 35.5. The Hall–Kier alpha value is -1.06. The van der Waals surface area contributed by atoms with Crippen LogP contribution >= 0.6 is 11.6 Å². The van der Waals surface area contributed by atoms with Gasteiger partial charge in [-0.2, -0.15) is 0 Å². The third-order valence-electron chi connectivity index (χ3n) is 3.38. The van der Waals surface area contributed by atoms with E-state index >= 15 is 0 Å². The molecule has 0 aliphatic carbocycles. The van der Waals surface area contributed by atoms with Crippen molar-refractivity contribution in [3.63, 3.8) is 0 Å². The molecule has 0 aromatic heterocycles. The molecule has 0 aliphatic rings. The summed E-state index contributed by atoms with van der Waals surface area (Å²) in [6.45, 7) is 8.07. The second kappa shape index (κ2) is 5.72. The van der Waals surface area contributed by atoms with Gasteiger partial charge in [0.1, 0.15) is 5.54 Å². The van der Waals surface area contributed by atoms with E-state index in [4.69, 9.17) is 11.6 Å². The third-order valence-corrected chi connectivity index (χ3v) is 3.62. The summed E-state index contributed by atoms with van der Waals surface area (Å²) in [4.78, 5) is 13.3. The number of likely N-dealkylation sites (N-methyl/N-ethyl adjacent to an activating group) is 1. The zero-order chi connectivity index (χ0) is 13.9. The van der Waals surface area contributed by atoms with Crippen molar-refractivity contribution < 1.29 is 9.90 Å². The van der Waals surface area contributed by atoms with Crippen LogP contribution in [0.4, 0.5) is 0 Å². The summed E-state index contributed by atoms with van der Waals surface area (Å²) in [7, 11) is 0. The summed E-state index contributed by atoms with van der Waals surface area (Å²) in [5, 5.41) is 10.00. The van der Waals surface area contributed by atoms with Crippen LogP contribution in [0.3, 0.4) is 0 Å². The van der Waals surface area contributed by atoms with Gasteiger partial charge >= 0.3 is 5.97 Å². The maximum absolute atomic E-state index is 11.4. The van der Waals surface area contributed by atoms with Gasteiger partial charge in [-0.1, -0.05) is 30.7 Å². The minimum atomic E-state index is -0.906. The molecule has 0 saturated carbocycles. The van der Waals surface area contributed by atoms with Gasteiger partial charge in [0.25, 0.3) is 0 Å². The molecule has 1 aromatic rings. The molecule has 0 aliphatic heterocycles. The molecular weight excluding hydrogens is 250 g/mol. The van der Waals surface area contributed by atoms with Crippen molar-refractivity contribution in [2.24, 2.45) is 0 Å². The maximum Gasteiger partial charge on any atom is 0.323 e. The zero-order valence-corrected chi connectivity index (χ0v) is 12.0. The largest absolute Gasteiger partial charge is 0.480 e. The number of hydrogen-bond donors (Lipinski definition) is 1. The highest BCUT2D eigenvalue weighted by molar-refractivity contribution is 6.30. The highest BCUT2D eigenvalue weighted by Gasteiger charge is 2.36. The van der Waals surface area contributed by atoms with Gasteiger partial charge in [0.2, 0.25) is 0 Å². The molecule has 0 amide bonds. The SMILES string of the molecule is CCN(C(C)c1cccc(Cl)c1)C(C)(C)C(=O)O. The smallest absolute Gasteiger partial charge is 0.323 e. The van der Waals surface area contributed by atoms with Crippen LogP contribution in [0, 0.1) is 0 Å². The van der Waals surface area contributed by atoms with Crippen molar-refractivity contribution in [2.75, 3.05) is 6.54 Å². The molecule has 0 heterocycles.